The van der Waals surface area contributed by atoms with Crippen LogP contribution in [-0.4, -0.2) is 35.8 Å². The normalized spacial score (nSPS) is 11.5. The van der Waals surface area contributed by atoms with E-state index < -0.39 is 11.9 Å². The molecular formula is C16H21NO5. The van der Waals surface area contributed by atoms with E-state index in [4.69, 9.17) is 9.47 Å². The molecule has 0 heterocycles. The van der Waals surface area contributed by atoms with Crippen molar-refractivity contribution in [1.29, 1.82) is 0 Å². The second-order valence-corrected chi connectivity index (χ2v) is 5.14. The number of hydrogen-bond acceptors (Lipinski definition) is 5. The first kappa shape index (κ1) is 17.7. The summed E-state index contributed by atoms with van der Waals surface area (Å²) in [5.41, 5.74) is 0.689. The van der Waals surface area contributed by atoms with Gasteiger partial charge in [-0.05, 0) is 31.5 Å². The van der Waals surface area contributed by atoms with E-state index in [2.05, 4.69) is 0 Å². The Balaban J connectivity index is 3.07. The first-order chi connectivity index (χ1) is 10.2. The van der Waals surface area contributed by atoms with E-state index in [-0.39, 0.29) is 11.9 Å². The van der Waals surface area contributed by atoms with Crippen molar-refractivity contribution in [2.24, 2.45) is 0 Å². The summed E-state index contributed by atoms with van der Waals surface area (Å²) in [6.45, 7) is 6.00. The van der Waals surface area contributed by atoms with Crippen LogP contribution >= 0.6 is 0 Å². The van der Waals surface area contributed by atoms with E-state index in [1.807, 2.05) is 6.92 Å². The first-order valence-electron chi connectivity index (χ1n) is 6.94. The molecule has 22 heavy (non-hydrogen) atoms. The van der Waals surface area contributed by atoms with Gasteiger partial charge in [0, 0.05) is 39.4 Å². The zero-order valence-electron chi connectivity index (χ0n) is 13.5. The molecule has 0 saturated carbocycles. The van der Waals surface area contributed by atoms with Crippen molar-refractivity contribution in [2.75, 3.05) is 7.05 Å². The Hall–Kier alpha value is -2.37. The zero-order chi connectivity index (χ0) is 16.9. The van der Waals surface area contributed by atoms with E-state index in [0.29, 0.717) is 23.5 Å². The minimum atomic E-state index is -0.436. The van der Waals surface area contributed by atoms with E-state index in [9.17, 15) is 14.4 Å². The van der Waals surface area contributed by atoms with Crippen molar-refractivity contribution in [3.05, 3.63) is 23.8 Å². The number of carbonyl (C=O) groups is 3. The number of likely N-dealkylation sites (N-methyl/N-ethyl adjacent to an activating group) is 1. The predicted octanol–water partition coefficient (Wildman–Crippen LogP) is 1.95. The Kier molecular flexibility index (Phi) is 6.10. The van der Waals surface area contributed by atoms with Crippen molar-refractivity contribution in [3.63, 3.8) is 0 Å². The summed E-state index contributed by atoms with van der Waals surface area (Å²) in [6.07, 6.45) is 0.466. The van der Waals surface area contributed by atoms with Crippen LogP contribution in [0.5, 0.6) is 11.5 Å². The van der Waals surface area contributed by atoms with Crippen LogP contribution in [0.1, 0.15) is 33.3 Å². The Morgan fingerprint density at radius 1 is 1.09 bits per heavy atom. The smallest absolute Gasteiger partial charge is 0.308 e. The Labute approximate surface area is 130 Å². The molecule has 0 N–H and O–H groups in total. The first-order valence-corrected chi connectivity index (χ1v) is 6.94. The van der Waals surface area contributed by atoms with E-state index in [1.165, 1.54) is 20.8 Å². The van der Waals surface area contributed by atoms with Crippen molar-refractivity contribution in [2.45, 2.75) is 40.2 Å². The van der Waals surface area contributed by atoms with Crippen LogP contribution in [0.25, 0.3) is 0 Å². The third-order valence-electron chi connectivity index (χ3n) is 3.22. The van der Waals surface area contributed by atoms with Crippen LogP contribution in [0, 0.1) is 0 Å². The van der Waals surface area contributed by atoms with Gasteiger partial charge in [0.15, 0.2) is 0 Å². The number of benzene rings is 1. The summed E-state index contributed by atoms with van der Waals surface area (Å²) in [5.74, 6) is -0.157. The largest absolute Gasteiger partial charge is 0.427 e. The molecule has 0 aliphatic heterocycles. The number of amides is 1. The average Bonchev–Trinajstić information content (AvgIpc) is 2.39. The maximum Gasteiger partial charge on any atom is 0.308 e. The molecule has 1 aromatic carbocycles. The van der Waals surface area contributed by atoms with Gasteiger partial charge in [0.2, 0.25) is 5.91 Å². The summed E-state index contributed by atoms with van der Waals surface area (Å²) in [4.78, 5) is 35.2. The fourth-order valence-corrected chi connectivity index (χ4v) is 1.96. The van der Waals surface area contributed by atoms with Crippen molar-refractivity contribution < 1.29 is 23.9 Å². The summed E-state index contributed by atoms with van der Waals surface area (Å²) in [7, 11) is 1.70. The molecule has 0 radical (unpaired) electrons. The summed E-state index contributed by atoms with van der Waals surface area (Å²) in [5, 5.41) is 0. The molecule has 0 aromatic heterocycles. The van der Waals surface area contributed by atoms with E-state index in [0.717, 1.165) is 0 Å². The van der Waals surface area contributed by atoms with Gasteiger partial charge in [-0.2, -0.15) is 0 Å². The molecular weight excluding hydrogens is 286 g/mol. The van der Waals surface area contributed by atoms with Gasteiger partial charge >= 0.3 is 11.9 Å². The lowest BCUT2D eigenvalue weighted by atomic mass is 10.0. The Bertz CT molecular complexity index is 582. The van der Waals surface area contributed by atoms with E-state index >= 15 is 0 Å². The molecule has 0 saturated heterocycles. The predicted molar refractivity (Wildman–Crippen MR) is 80.7 cm³/mol. The van der Waals surface area contributed by atoms with Crippen LogP contribution in [0.4, 0.5) is 0 Å². The highest BCUT2D eigenvalue weighted by molar-refractivity contribution is 5.73. The molecule has 1 rings (SSSR count). The number of hydrogen-bond donors (Lipinski definition) is 0. The second-order valence-electron chi connectivity index (χ2n) is 5.14. The van der Waals surface area contributed by atoms with Crippen molar-refractivity contribution in [3.8, 4) is 11.5 Å². The molecule has 0 spiro atoms. The van der Waals surface area contributed by atoms with Gasteiger partial charge in [-0.25, -0.2) is 0 Å². The monoisotopic (exact) mass is 307 g/mol. The van der Waals surface area contributed by atoms with Crippen LogP contribution in [0.15, 0.2) is 18.2 Å². The summed E-state index contributed by atoms with van der Waals surface area (Å²) < 4.78 is 10.2. The van der Waals surface area contributed by atoms with Gasteiger partial charge in [-0.1, -0.05) is 0 Å². The molecule has 1 unspecified atom stereocenters. The lowest BCUT2D eigenvalue weighted by Gasteiger charge is -2.24. The van der Waals surface area contributed by atoms with Crippen LogP contribution in [-0.2, 0) is 20.8 Å². The summed E-state index contributed by atoms with van der Waals surface area (Å²) in [6, 6.07) is 4.68. The van der Waals surface area contributed by atoms with Gasteiger partial charge in [-0.3, -0.25) is 14.4 Å². The van der Waals surface area contributed by atoms with Crippen LogP contribution in [0.2, 0.25) is 0 Å². The lowest BCUT2D eigenvalue weighted by molar-refractivity contribution is -0.133. The quantitative estimate of drug-likeness (QED) is 0.614. The number of carbonyl (C=O) groups excluding carboxylic acids is 3. The highest BCUT2D eigenvalue weighted by Gasteiger charge is 2.17. The van der Waals surface area contributed by atoms with Crippen molar-refractivity contribution in [1.82, 2.24) is 4.90 Å². The molecule has 6 nitrogen and oxygen atoms in total. The third-order valence-corrected chi connectivity index (χ3v) is 3.22. The molecule has 1 atom stereocenters. The van der Waals surface area contributed by atoms with Gasteiger partial charge in [0.05, 0.1) is 0 Å². The minimum absolute atomic E-state index is 0.0577. The number of ether oxygens (including phenoxy) is 2. The number of esters is 2. The maximum atomic E-state index is 11.4. The fourth-order valence-electron chi connectivity index (χ4n) is 1.96. The average molecular weight is 307 g/mol. The maximum absolute atomic E-state index is 11.4. The number of nitrogens with zero attached hydrogens (tertiary/aromatic N) is 1. The third kappa shape index (κ3) is 5.20. The van der Waals surface area contributed by atoms with Crippen LogP contribution < -0.4 is 9.47 Å². The highest BCUT2D eigenvalue weighted by Crippen LogP contribution is 2.26. The molecule has 6 heteroatoms. The zero-order valence-corrected chi connectivity index (χ0v) is 13.5. The summed E-state index contributed by atoms with van der Waals surface area (Å²) >= 11 is 0. The molecule has 1 aromatic rings. The van der Waals surface area contributed by atoms with E-state index in [1.54, 1.807) is 30.1 Å². The second kappa shape index (κ2) is 7.59. The topological polar surface area (TPSA) is 72.9 Å². The van der Waals surface area contributed by atoms with Gasteiger partial charge < -0.3 is 14.4 Å². The SMILES string of the molecule is CC(=O)Oc1ccc(OC(C)=O)c(CC(C)N(C)C(C)=O)c1. The lowest BCUT2D eigenvalue weighted by Crippen LogP contribution is -2.34. The van der Waals surface area contributed by atoms with Crippen molar-refractivity contribution >= 4 is 17.8 Å². The van der Waals surface area contributed by atoms with Crippen LogP contribution in [0.3, 0.4) is 0 Å². The number of rotatable bonds is 5. The molecule has 1 amide bonds. The van der Waals surface area contributed by atoms with Gasteiger partial charge in [0.25, 0.3) is 0 Å². The van der Waals surface area contributed by atoms with Gasteiger partial charge in [0.1, 0.15) is 11.5 Å². The standard InChI is InChI=1S/C16H21NO5/c1-10(17(5)11(2)18)8-14-9-15(21-12(3)19)6-7-16(14)22-13(4)20/h6-7,9-10H,8H2,1-5H3. The molecule has 0 bridgehead atoms. The molecule has 0 aliphatic carbocycles. The Morgan fingerprint density at radius 3 is 2.18 bits per heavy atom. The molecule has 0 fully saturated rings. The fraction of sp³-hybridized carbons (Fsp3) is 0.438. The molecule has 120 valence electrons. The minimum Gasteiger partial charge on any atom is -0.427 e. The highest BCUT2D eigenvalue weighted by atomic mass is 16.5. The molecule has 0 aliphatic rings. The van der Waals surface area contributed by atoms with Gasteiger partial charge in [-0.15, -0.1) is 0 Å². The Morgan fingerprint density at radius 2 is 1.68 bits per heavy atom.